The summed E-state index contributed by atoms with van der Waals surface area (Å²) >= 11 is 1.63. The minimum Gasteiger partial charge on any atom is -0.349 e. The summed E-state index contributed by atoms with van der Waals surface area (Å²) in [6.07, 6.45) is 0. The standard InChI is InChI=1S/C18H23NOS/c1-12-16(14-9-7-6-8-10-14)15(11-21-12)17(20)19-13(2)18(3,4)5/h6-11,13H,1-5H3,(H,19,20)/t13-/m0/s1. The predicted molar refractivity (Wildman–Crippen MR) is 90.9 cm³/mol. The van der Waals surface area contributed by atoms with Gasteiger partial charge in [0.1, 0.15) is 0 Å². The number of amides is 1. The lowest BCUT2D eigenvalue weighted by Gasteiger charge is -2.28. The van der Waals surface area contributed by atoms with Gasteiger partial charge in [0.05, 0.1) is 5.56 Å². The third-order valence-corrected chi connectivity index (χ3v) is 4.84. The van der Waals surface area contributed by atoms with Crippen LogP contribution < -0.4 is 5.32 Å². The average Bonchev–Trinajstić information content (AvgIpc) is 2.80. The molecule has 2 nitrogen and oxygen atoms in total. The molecule has 0 aliphatic heterocycles. The Morgan fingerprint density at radius 1 is 1.19 bits per heavy atom. The summed E-state index contributed by atoms with van der Waals surface area (Å²) in [6.45, 7) is 10.5. The largest absolute Gasteiger partial charge is 0.349 e. The minimum absolute atomic E-state index is 0.0145. The lowest BCUT2D eigenvalue weighted by atomic mass is 9.88. The first-order valence-electron chi connectivity index (χ1n) is 7.25. The molecule has 2 aromatic rings. The van der Waals surface area contributed by atoms with Crippen molar-refractivity contribution >= 4 is 17.2 Å². The summed E-state index contributed by atoms with van der Waals surface area (Å²) in [5, 5.41) is 5.09. The highest BCUT2D eigenvalue weighted by molar-refractivity contribution is 7.10. The van der Waals surface area contributed by atoms with Crippen molar-refractivity contribution < 1.29 is 4.79 Å². The van der Waals surface area contributed by atoms with Crippen LogP contribution in [0.3, 0.4) is 0 Å². The van der Waals surface area contributed by atoms with Gasteiger partial charge >= 0.3 is 0 Å². The fourth-order valence-corrected chi connectivity index (χ4v) is 2.94. The molecule has 0 spiro atoms. The van der Waals surface area contributed by atoms with Crippen molar-refractivity contribution in [3.05, 3.63) is 46.2 Å². The monoisotopic (exact) mass is 301 g/mol. The van der Waals surface area contributed by atoms with E-state index in [-0.39, 0.29) is 17.4 Å². The number of carbonyl (C=O) groups is 1. The molecule has 0 saturated carbocycles. The second-order valence-electron chi connectivity index (χ2n) is 6.51. The van der Waals surface area contributed by atoms with Gasteiger partial charge in [0.2, 0.25) is 0 Å². The Kier molecular flexibility index (Phi) is 4.52. The zero-order chi connectivity index (χ0) is 15.6. The SMILES string of the molecule is Cc1scc(C(=O)N[C@@H](C)C(C)(C)C)c1-c1ccccc1. The molecule has 1 amide bonds. The smallest absolute Gasteiger partial charge is 0.252 e. The Balaban J connectivity index is 2.32. The van der Waals surface area contributed by atoms with E-state index >= 15 is 0 Å². The second-order valence-corrected chi connectivity index (χ2v) is 7.59. The molecule has 1 heterocycles. The second kappa shape index (κ2) is 6.02. The van der Waals surface area contributed by atoms with E-state index in [1.54, 1.807) is 11.3 Å². The Hall–Kier alpha value is -1.61. The Morgan fingerprint density at radius 2 is 1.81 bits per heavy atom. The molecule has 0 unspecified atom stereocenters. The van der Waals surface area contributed by atoms with Crippen molar-refractivity contribution in [2.45, 2.75) is 40.7 Å². The first-order chi connectivity index (χ1) is 9.80. The molecule has 1 atom stereocenters. The van der Waals surface area contributed by atoms with Crippen LogP contribution in [0.15, 0.2) is 35.7 Å². The summed E-state index contributed by atoms with van der Waals surface area (Å²) in [5.74, 6) is 0.0145. The molecule has 0 saturated heterocycles. The van der Waals surface area contributed by atoms with E-state index in [9.17, 15) is 4.79 Å². The van der Waals surface area contributed by atoms with Gasteiger partial charge in [-0.3, -0.25) is 4.79 Å². The molecule has 2 rings (SSSR count). The molecule has 1 aromatic carbocycles. The number of thiophene rings is 1. The highest BCUT2D eigenvalue weighted by Crippen LogP contribution is 2.32. The molecule has 0 aliphatic rings. The van der Waals surface area contributed by atoms with Crippen LogP contribution in [0.4, 0.5) is 0 Å². The van der Waals surface area contributed by atoms with Crippen molar-refractivity contribution in [2.24, 2.45) is 5.41 Å². The van der Waals surface area contributed by atoms with Gasteiger partial charge in [-0.05, 0) is 24.8 Å². The maximum Gasteiger partial charge on any atom is 0.252 e. The molecule has 0 fully saturated rings. The molecule has 0 radical (unpaired) electrons. The van der Waals surface area contributed by atoms with Gasteiger partial charge in [-0.15, -0.1) is 11.3 Å². The number of hydrogen-bond donors (Lipinski definition) is 1. The highest BCUT2D eigenvalue weighted by Gasteiger charge is 2.24. The van der Waals surface area contributed by atoms with Gasteiger partial charge in [-0.1, -0.05) is 51.1 Å². The molecule has 21 heavy (non-hydrogen) atoms. The summed E-state index contributed by atoms with van der Waals surface area (Å²) in [6, 6.07) is 10.2. The van der Waals surface area contributed by atoms with E-state index < -0.39 is 0 Å². The van der Waals surface area contributed by atoms with E-state index in [1.807, 2.05) is 23.6 Å². The number of aryl methyl sites for hydroxylation is 1. The fourth-order valence-electron chi connectivity index (χ4n) is 2.08. The molecule has 112 valence electrons. The van der Waals surface area contributed by atoms with E-state index in [0.29, 0.717) is 0 Å². The molecule has 3 heteroatoms. The van der Waals surface area contributed by atoms with Gasteiger partial charge in [0, 0.05) is 21.9 Å². The van der Waals surface area contributed by atoms with Crippen LogP contribution in [0.1, 0.15) is 42.9 Å². The lowest BCUT2D eigenvalue weighted by molar-refractivity contribution is 0.0911. The summed E-state index contributed by atoms with van der Waals surface area (Å²) in [4.78, 5) is 13.8. The van der Waals surface area contributed by atoms with Crippen LogP contribution in [-0.2, 0) is 0 Å². The van der Waals surface area contributed by atoms with Gasteiger partial charge in [-0.25, -0.2) is 0 Å². The van der Waals surface area contributed by atoms with Gasteiger partial charge in [-0.2, -0.15) is 0 Å². The van der Waals surface area contributed by atoms with Gasteiger partial charge in [0.15, 0.2) is 0 Å². The summed E-state index contributed by atoms with van der Waals surface area (Å²) in [5.41, 5.74) is 2.98. The predicted octanol–water partition coefficient (Wildman–Crippen LogP) is 4.89. The number of carbonyl (C=O) groups excluding carboxylic acids is 1. The van der Waals surface area contributed by atoms with E-state index in [0.717, 1.165) is 16.7 Å². The molecule has 0 aliphatic carbocycles. The number of hydrogen-bond acceptors (Lipinski definition) is 2. The molecule has 1 N–H and O–H groups in total. The Morgan fingerprint density at radius 3 is 2.38 bits per heavy atom. The lowest BCUT2D eigenvalue weighted by Crippen LogP contribution is -2.41. The fraction of sp³-hybridized carbons (Fsp3) is 0.389. The quantitative estimate of drug-likeness (QED) is 0.859. The zero-order valence-corrected chi connectivity index (χ0v) is 14.2. The van der Waals surface area contributed by atoms with Crippen LogP contribution in [0.2, 0.25) is 0 Å². The molecule has 0 bridgehead atoms. The highest BCUT2D eigenvalue weighted by atomic mass is 32.1. The van der Waals surface area contributed by atoms with E-state index in [1.165, 1.54) is 4.88 Å². The third-order valence-electron chi connectivity index (χ3n) is 3.93. The number of benzene rings is 1. The van der Waals surface area contributed by atoms with Gasteiger partial charge in [0.25, 0.3) is 5.91 Å². The van der Waals surface area contributed by atoms with Crippen molar-refractivity contribution in [3.8, 4) is 11.1 Å². The maximum absolute atomic E-state index is 12.6. The Bertz CT molecular complexity index is 622. The average molecular weight is 301 g/mol. The summed E-state index contributed by atoms with van der Waals surface area (Å²) < 4.78 is 0. The van der Waals surface area contributed by atoms with Crippen LogP contribution >= 0.6 is 11.3 Å². The van der Waals surface area contributed by atoms with Crippen LogP contribution in [0.5, 0.6) is 0 Å². The van der Waals surface area contributed by atoms with Crippen molar-refractivity contribution in [1.29, 1.82) is 0 Å². The van der Waals surface area contributed by atoms with Crippen molar-refractivity contribution in [1.82, 2.24) is 5.32 Å². The molecule has 1 aromatic heterocycles. The summed E-state index contributed by atoms with van der Waals surface area (Å²) in [7, 11) is 0. The zero-order valence-electron chi connectivity index (χ0n) is 13.4. The topological polar surface area (TPSA) is 29.1 Å². The van der Waals surface area contributed by atoms with Crippen LogP contribution in [0, 0.1) is 12.3 Å². The van der Waals surface area contributed by atoms with E-state index in [4.69, 9.17) is 0 Å². The Labute approximate surface area is 131 Å². The van der Waals surface area contributed by atoms with E-state index in [2.05, 4.69) is 52.1 Å². The van der Waals surface area contributed by atoms with Crippen molar-refractivity contribution in [2.75, 3.05) is 0 Å². The van der Waals surface area contributed by atoms with Crippen LogP contribution in [-0.4, -0.2) is 11.9 Å². The minimum atomic E-state index is 0.0145. The molecular weight excluding hydrogens is 278 g/mol. The normalized spacial score (nSPS) is 13.0. The van der Waals surface area contributed by atoms with Crippen molar-refractivity contribution in [3.63, 3.8) is 0 Å². The first-order valence-corrected chi connectivity index (χ1v) is 8.13. The first kappa shape index (κ1) is 15.8. The number of nitrogens with one attached hydrogen (secondary N) is 1. The molecular formula is C18H23NOS. The maximum atomic E-state index is 12.6. The van der Waals surface area contributed by atoms with Crippen LogP contribution in [0.25, 0.3) is 11.1 Å². The number of rotatable bonds is 3. The van der Waals surface area contributed by atoms with Gasteiger partial charge < -0.3 is 5.32 Å². The third kappa shape index (κ3) is 3.53.